The van der Waals surface area contributed by atoms with Crippen molar-refractivity contribution in [1.29, 1.82) is 0 Å². The molecule has 1 aromatic heterocycles. The average Bonchev–Trinajstić information content (AvgIpc) is 2.71. The summed E-state index contributed by atoms with van der Waals surface area (Å²) in [5.41, 5.74) is 6.16. The van der Waals surface area contributed by atoms with E-state index in [-0.39, 0.29) is 11.6 Å². The SMILES string of the molecule is Cn1ncc(NC(=O)c2ccc(Br)cc2)c1C(N)=O. The van der Waals surface area contributed by atoms with Gasteiger partial charge in [-0.25, -0.2) is 0 Å². The van der Waals surface area contributed by atoms with Gasteiger partial charge in [-0.1, -0.05) is 15.9 Å². The Morgan fingerprint density at radius 1 is 1.32 bits per heavy atom. The first-order valence-electron chi connectivity index (χ1n) is 5.37. The topological polar surface area (TPSA) is 90.0 Å². The van der Waals surface area contributed by atoms with Crippen LogP contribution in [0.25, 0.3) is 0 Å². The van der Waals surface area contributed by atoms with E-state index in [1.54, 1.807) is 31.3 Å². The molecule has 6 nitrogen and oxygen atoms in total. The van der Waals surface area contributed by atoms with Crippen molar-refractivity contribution in [2.24, 2.45) is 12.8 Å². The third kappa shape index (κ3) is 2.82. The molecule has 2 amide bonds. The highest BCUT2D eigenvalue weighted by atomic mass is 79.9. The van der Waals surface area contributed by atoms with Crippen molar-refractivity contribution >= 4 is 33.4 Å². The second-order valence-electron chi connectivity index (χ2n) is 3.86. The van der Waals surface area contributed by atoms with Gasteiger partial charge in [0.25, 0.3) is 11.8 Å². The summed E-state index contributed by atoms with van der Waals surface area (Å²) in [5.74, 6) is -0.978. The number of nitrogens with zero attached hydrogens (tertiary/aromatic N) is 2. The number of aromatic nitrogens is 2. The predicted molar refractivity (Wildman–Crippen MR) is 73.8 cm³/mol. The number of carbonyl (C=O) groups is 2. The monoisotopic (exact) mass is 322 g/mol. The Morgan fingerprint density at radius 3 is 2.53 bits per heavy atom. The molecule has 0 saturated carbocycles. The molecule has 0 unspecified atom stereocenters. The van der Waals surface area contributed by atoms with E-state index in [9.17, 15) is 9.59 Å². The summed E-state index contributed by atoms with van der Waals surface area (Å²) >= 11 is 3.29. The van der Waals surface area contributed by atoms with Gasteiger partial charge in [0, 0.05) is 17.1 Å². The van der Waals surface area contributed by atoms with Gasteiger partial charge in [-0.05, 0) is 24.3 Å². The molecule has 1 aromatic carbocycles. The Labute approximate surface area is 117 Å². The van der Waals surface area contributed by atoms with Crippen molar-refractivity contribution in [3.05, 3.63) is 46.2 Å². The van der Waals surface area contributed by atoms with Gasteiger partial charge >= 0.3 is 0 Å². The number of amides is 2. The van der Waals surface area contributed by atoms with Gasteiger partial charge in [0.2, 0.25) is 0 Å². The Balaban J connectivity index is 2.24. The molecule has 0 aliphatic carbocycles. The second kappa shape index (κ2) is 5.23. The van der Waals surface area contributed by atoms with E-state index in [2.05, 4.69) is 26.3 Å². The minimum Gasteiger partial charge on any atom is -0.364 e. The lowest BCUT2D eigenvalue weighted by atomic mass is 10.2. The number of carbonyl (C=O) groups excluding carboxylic acids is 2. The summed E-state index contributed by atoms with van der Waals surface area (Å²) < 4.78 is 2.20. The molecule has 0 spiro atoms. The molecular weight excluding hydrogens is 312 g/mol. The number of primary amides is 1. The molecule has 7 heteroatoms. The summed E-state index contributed by atoms with van der Waals surface area (Å²) in [6.45, 7) is 0. The molecular formula is C12H11BrN4O2. The van der Waals surface area contributed by atoms with Gasteiger partial charge in [0.05, 0.1) is 11.9 Å². The minimum atomic E-state index is -0.647. The maximum absolute atomic E-state index is 12.0. The maximum Gasteiger partial charge on any atom is 0.269 e. The van der Waals surface area contributed by atoms with E-state index >= 15 is 0 Å². The molecule has 0 atom stereocenters. The molecule has 0 fully saturated rings. The van der Waals surface area contributed by atoms with Crippen LogP contribution < -0.4 is 11.1 Å². The van der Waals surface area contributed by atoms with E-state index < -0.39 is 5.91 Å². The van der Waals surface area contributed by atoms with Crippen LogP contribution in [0, 0.1) is 0 Å². The molecule has 0 radical (unpaired) electrons. The molecule has 19 heavy (non-hydrogen) atoms. The average molecular weight is 323 g/mol. The zero-order chi connectivity index (χ0) is 14.0. The zero-order valence-electron chi connectivity index (χ0n) is 10.1. The Hall–Kier alpha value is -2.15. The summed E-state index contributed by atoms with van der Waals surface area (Å²) in [5, 5.41) is 6.50. The van der Waals surface area contributed by atoms with Gasteiger partial charge < -0.3 is 11.1 Å². The van der Waals surface area contributed by atoms with Crippen molar-refractivity contribution in [2.75, 3.05) is 5.32 Å². The molecule has 2 rings (SSSR count). The summed E-state index contributed by atoms with van der Waals surface area (Å²) in [6.07, 6.45) is 1.39. The van der Waals surface area contributed by atoms with Crippen molar-refractivity contribution in [3.63, 3.8) is 0 Å². The van der Waals surface area contributed by atoms with Crippen LogP contribution in [0.3, 0.4) is 0 Å². The van der Waals surface area contributed by atoms with Gasteiger partial charge in [-0.15, -0.1) is 0 Å². The van der Waals surface area contributed by atoms with Crippen LogP contribution in [0.2, 0.25) is 0 Å². The third-order valence-corrected chi connectivity index (χ3v) is 3.06. The number of benzene rings is 1. The van der Waals surface area contributed by atoms with Crippen LogP contribution in [0.4, 0.5) is 5.69 Å². The zero-order valence-corrected chi connectivity index (χ0v) is 11.6. The standard InChI is InChI=1S/C12H11BrN4O2/c1-17-10(11(14)18)9(6-15-17)16-12(19)7-2-4-8(13)5-3-7/h2-6H,1H3,(H2,14,18)(H,16,19). The Bertz CT molecular complexity index is 634. The predicted octanol–water partition coefficient (Wildman–Crippen LogP) is 1.53. The number of halogens is 1. The van der Waals surface area contributed by atoms with Crippen molar-refractivity contribution < 1.29 is 9.59 Å². The lowest BCUT2D eigenvalue weighted by Crippen LogP contribution is -2.20. The molecule has 1 heterocycles. The Morgan fingerprint density at radius 2 is 1.95 bits per heavy atom. The second-order valence-corrected chi connectivity index (χ2v) is 4.77. The largest absolute Gasteiger partial charge is 0.364 e. The Kier molecular flexibility index (Phi) is 3.66. The normalized spacial score (nSPS) is 10.2. The van der Waals surface area contributed by atoms with E-state index in [0.717, 1.165) is 4.47 Å². The number of hydrogen-bond donors (Lipinski definition) is 2. The summed E-state index contributed by atoms with van der Waals surface area (Å²) in [4.78, 5) is 23.3. The first kappa shape index (κ1) is 13.3. The van der Waals surface area contributed by atoms with E-state index in [1.165, 1.54) is 10.9 Å². The third-order valence-electron chi connectivity index (χ3n) is 2.53. The highest BCUT2D eigenvalue weighted by Gasteiger charge is 2.16. The number of nitrogens with one attached hydrogen (secondary N) is 1. The van der Waals surface area contributed by atoms with Crippen LogP contribution in [-0.4, -0.2) is 21.6 Å². The molecule has 0 saturated heterocycles. The molecule has 0 aliphatic rings. The van der Waals surface area contributed by atoms with Crippen molar-refractivity contribution in [1.82, 2.24) is 9.78 Å². The lowest BCUT2D eigenvalue weighted by Gasteiger charge is -2.05. The fourth-order valence-corrected chi connectivity index (χ4v) is 1.88. The van der Waals surface area contributed by atoms with Crippen LogP contribution in [0.1, 0.15) is 20.8 Å². The van der Waals surface area contributed by atoms with Crippen molar-refractivity contribution in [2.45, 2.75) is 0 Å². The van der Waals surface area contributed by atoms with E-state index in [4.69, 9.17) is 5.73 Å². The van der Waals surface area contributed by atoms with Gasteiger partial charge in [-0.3, -0.25) is 14.3 Å². The number of rotatable bonds is 3. The first-order valence-corrected chi connectivity index (χ1v) is 6.17. The summed E-state index contributed by atoms with van der Waals surface area (Å²) in [6, 6.07) is 6.85. The molecule has 0 bridgehead atoms. The van der Waals surface area contributed by atoms with Gasteiger partial charge in [-0.2, -0.15) is 5.10 Å². The molecule has 2 aromatic rings. The highest BCUT2D eigenvalue weighted by molar-refractivity contribution is 9.10. The van der Waals surface area contributed by atoms with Crippen LogP contribution in [-0.2, 0) is 7.05 Å². The van der Waals surface area contributed by atoms with Crippen molar-refractivity contribution in [3.8, 4) is 0 Å². The minimum absolute atomic E-state index is 0.158. The summed E-state index contributed by atoms with van der Waals surface area (Å²) in [7, 11) is 1.58. The quantitative estimate of drug-likeness (QED) is 0.897. The van der Waals surface area contributed by atoms with Crippen LogP contribution in [0.5, 0.6) is 0 Å². The lowest BCUT2D eigenvalue weighted by molar-refractivity contribution is 0.0992. The fourth-order valence-electron chi connectivity index (χ4n) is 1.62. The number of aryl methyl sites for hydroxylation is 1. The van der Waals surface area contributed by atoms with Gasteiger partial charge in [0.1, 0.15) is 5.69 Å². The maximum atomic E-state index is 12.0. The molecule has 98 valence electrons. The first-order chi connectivity index (χ1) is 8.99. The molecule has 0 aliphatic heterocycles. The van der Waals surface area contributed by atoms with Crippen LogP contribution in [0.15, 0.2) is 34.9 Å². The fraction of sp³-hybridized carbons (Fsp3) is 0.0833. The highest BCUT2D eigenvalue weighted by Crippen LogP contribution is 2.16. The van der Waals surface area contributed by atoms with E-state index in [0.29, 0.717) is 11.3 Å². The number of nitrogens with two attached hydrogens (primary N) is 1. The smallest absolute Gasteiger partial charge is 0.269 e. The molecule has 3 N–H and O–H groups in total. The van der Waals surface area contributed by atoms with Gasteiger partial charge in [0.15, 0.2) is 0 Å². The van der Waals surface area contributed by atoms with E-state index in [1.807, 2.05) is 0 Å². The number of anilines is 1. The number of hydrogen-bond acceptors (Lipinski definition) is 3. The van der Waals surface area contributed by atoms with Crippen LogP contribution >= 0.6 is 15.9 Å².